The van der Waals surface area contributed by atoms with Crippen LogP contribution in [0.25, 0.3) is 10.9 Å². The van der Waals surface area contributed by atoms with Gasteiger partial charge < -0.3 is 12.2 Å². The fourth-order valence-corrected chi connectivity index (χ4v) is 5.86. The van der Waals surface area contributed by atoms with Crippen molar-refractivity contribution in [3.05, 3.63) is 68.1 Å². The van der Waals surface area contributed by atoms with Crippen LogP contribution in [0.2, 0.25) is 0 Å². The summed E-state index contributed by atoms with van der Waals surface area (Å²) in [5, 5.41) is 0.773. The Kier molecular flexibility index (Phi) is 12.4. The van der Waals surface area contributed by atoms with Gasteiger partial charge in [-0.15, -0.1) is 0 Å². The molecule has 0 amide bonds. The Morgan fingerprint density at radius 3 is 2.19 bits per heavy atom. The zero-order valence-corrected chi connectivity index (χ0v) is 27.3. The van der Waals surface area contributed by atoms with Gasteiger partial charge in [-0.1, -0.05) is 36.4 Å². The molecule has 2 aromatic carbocycles. The van der Waals surface area contributed by atoms with Crippen LogP contribution in [-0.2, 0) is 30.0 Å². The van der Waals surface area contributed by atoms with Gasteiger partial charge in [0.05, 0.1) is 23.1 Å². The molecule has 0 radical (unpaired) electrons. The smallest absolute Gasteiger partial charge is 0.376 e. The van der Waals surface area contributed by atoms with Crippen molar-refractivity contribution in [1.82, 2.24) is 3.97 Å². The third kappa shape index (κ3) is 7.27. The Morgan fingerprint density at radius 2 is 1.66 bits per heavy atom. The minimum absolute atomic E-state index is 0. The van der Waals surface area contributed by atoms with E-state index in [1.165, 1.54) is 38.5 Å². The summed E-state index contributed by atoms with van der Waals surface area (Å²) in [6, 6.07) is 16.6. The average molecular weight is 598 g/mol. The molecule has 1 unspecified atom stereocenters. The zero-order valence-electron chi connectivity index (χ0n) is 19.4. The van der Waals surface area contributed by atoms with Crippen molar-refractivity contribution in [2.24, 2.45) is 0 Å². The number of para-hydroxylation sites is 1. The molecule has 32 heavy (non-hydrogen) atoms. The Hall–Kier alpha value is 0.0519. The first-order valence-electron chi connectivity index (χ1n) is 9.77. The molecule has 1 saturated heterocycles. The van der Waals surface area contributed by atoms with Gasteiger partial charge >= 0.3 is 68.9 Å². The van der Waals surface area contributed by atoms with Crippen LogP contribution in [0.1, 0.15) is 33.1 Å². The minimum Gasteiger partial charge on any atom is -0.376 e. The van der Waals surface area contributed by atoms with Crippen LogP contribution in [0, 0.1) is 7.43 Å². The quantitative estimate of drug-likeness (QED) is 0.431. The number of benzene rings is 2. The van der Waals surface area contributed by atoms with E-state index in [0.717, 1.165) is 10.6 Å². The second kappa shape index (κ2) is 13.2. The average Bonchev–Trinajstić information content (AvgIpc) is 3.14. The van der Waals surface area contributed by atoms with E-state index in [9.17, 15) is 12.6 Å². The summed E-state index contributed by atoms with van der Waals surface area (Å²) in [5.74, 6) is 0. The number of rotatable bonds is 4. The van der Waals surface area contributed by atoms with Crippen molar-refractivity contribution < 1.29 is 90.4 Å². The molecule has 9 heteroatoms. The van der Waals surface area contributed by atoms with Gasteiger partial charge in [0.15, 0.2) is 0 Å². The van der Waals surface area contributed by atoms with Crippen LogP contribution in [-0.4, -0.2) is 35.9 Å². The molecule has 4 rings (SSSR count). The van der Waals surface area contributed by atoms with Crippen LogP contribution in [0.4, 0.5) is 0 Å². The predicted molar refractivity (Wildman–Crippen MR) is 125 cm³/mol. The second-order valence-corrected chi connectivity index (χ2v) is 10.6. The van der Waals surface area contributed by atoms with Gasteiger partial charge in [-0.3, -0.25) is 4.18 Å². The van der Waals surface area contributed by atoms with E-state index in [1.54, 1.807) is 48.5 Å². The summed E-state index contributed by atoms with van der Waals surface area (Å²) < 4.78 is 49.3. The number of aromatic nitrogens is 1. The largest absolute Gasteiger partial charge is 1.00 e. The van der Waals surface area contributed by atoms with Crippen LogP contribution in [0.15, 0.2) is 70.6 Å². The van der Waals surface area contributed by atoms with Crippen LogP contribution in [0.3, 0.4) is 0 Å². The first kappa shape index (κ1) is 30.1. The predicted octanol–water partition coefficient (Wildman–Crippen LogP) is 1.97. The van der Waals surface area contributed by atoms with Crippen molar-refractivity contribution >= 4 is 32.0 Å². The van der Waals surface area contributed by atoms with Crippen molar-refractivity contribution in [2.45, 2.75) is 48.6 Å². The standard InChI is InChI=1S/C15H13NO4S2.C7H14O.CH3.Cs/c1-20-21(17)15-11-12-7-5-6-10-14(12)16(15)22(18,19)13-8-3-2-4-9-13;1-7(2)5-3-4-6-8-7;;/h2-11H,1H3;3-6H2,1-2H3;1H3;/q;;-1;+1. The zero-order chi connectivity index (χ0) is 21.8. The van der Waals surface area contributed by atoms with E-state index >= 15 is 0 Å². The van der Waals surface area contributed by atoms with Crippen molar-refractivity contribution in [3.8, 4) is 0 Å². The molecule has 0 saturated carbocycles. The molecule has 2 heterocycles. The molecule has 0 aliphatic carbocycles. The molecule has 0 spiro atoms. The molecule has 1 aromatic heterocycles. The van der Waals surface area contributed by atoms with Crippen LogP contribution in [0.5, 0.6) is 0 Å². The Morgan fingerprint density at radius 1 is 1.03 bits per heavy atom. The number of fused-ring (bicyclic) bond motifs is 1. The Balaban J connectivity index is 0.000000437. The van der Waals surface area contributed by atoms with E-state index < -0.39 is 21.1 Å². The maximum Gasteiger partial charge on any atom is 1.00 e. The Bertz CT molecular complexity index is 1120. The fraction of sp³-hybridized carbons (Fsp3) is 0.348. The van der Waals surface area contributed by atoms with Gasteiger partial charge in [-0.25, -0.2) is 16.6 Å². The molecule has 1 atom stereocenters. The number of hydrogen-bond acceptors (Lipinski definition) is 5. The summed E-state index contributed by atoms with van der Waals surface area (Å²) >= 11 is -1.87. The van der Waals surface area contributed by atoms with E-state index in [2.05, 4.69) is 13.8 Å². The Labute approximate surface area is 253 Å². The number of hydrogen-bond donors (Lipinski definition) is 0. The number of ether oxygens (including phenoxy) is 1. The first-order chi connectivity index (χ1) is 14.3. The summed E-state index contributed by atoms with van der Waals surface area (Å²) in [6.45, 7) is 5.28. The molecule has 6 nitrogen and oxygen atoms in total. The van der Waals surface area contributed by atoms with Crippen LogP contribution < -0.4 is 68.9 Å². The van der Waals surface area contributed by atoms with Gasteiger partial charge in [-0.05, 0) is 57.4 Å². The minimum atomic E-state index is -3.86. The molecule has 0 N–H and O–H groups in total. The van der Waals surface area contributed by atoms with E-state index in [4.69, 9.17) is 8.92 Å². The third-order valence-electron chi connectivity index (χ3n) is 4.90. The van der Waals surface area contributed by atoms with E-state index in [1.807, 2.05) is 0 Å². The molecule has 170 valence electrons. The molecule has 1 aliphatic rings. The molecular weight excluding hydrogens is 567 g/mol. The van der Waals surface area contributed by atoms with Crippen molar-refractivity contribution in [2.75, 3.05) is 13.7 Å². The van der Waals surface area contributed by atoms with Gasteiger partial charge in [0.1, 0.15) is 5.03 Å². The maximum absolute atomic E-state index is 12.9. The van der Waals surface area contributed by atoms with Crippen molar-refractivity contribution in [1.29, 1.82) is 0 Å². The topological polar surface area (TPSA) is 74.6 Å². The summed E-state index contributed by atoms with van der Waals surface area (Å²) in [4.78, 5) is 0.130. The first-order valence-corrected chi connectivity index (χ1v) is 12.3. The third-order valence-corrected chi connectivity index (χ3v) is 7.71. The fourth-order valence-electron chi connectivity index (χ4n) is 3.33. The molecular formula is C23H30CsNO5S2. The van der Waals surface area contributed by atoms with E-state index in [0.29, 0.717) is 10.9 Å². The van der Waals surface area contributed by atoms with Gasteiger partial charge in [0.2, 0.25) is 11.1 Å². The maximum atomic E-state index is 12.9. The van der Waals surface area contributed by atoms with Gasteiger partial charge in [-0.2, -0.15) is 0 Å². The monoisotopic (exact) mass is 597 g/mol. The molecule has 1 fully saturated rings. The second-order valence-electron chi connectivity index (χ2n) is 7.59. The molecule has 3 aromatic rings. The SMILES string of the molecule is CC1(C)CCCCO1.COS(=O)c1cc2ccccc2n1S(=O)(=O)c1ccccc1.[CH3-].[Cs+]. The summed E-state index contributed by atoms with van der Waals surface area (Å²) in [6.07, 6.45) is 3.82. The van der Waals surface area contributed by atoms with E-state index in [-0.39, 0.29) is 91.8 Å². The van der Waals surface area contributed by atoms with Gasteiger partial charge in [0, 0.05) is 12.0 Å². The molecule has 1 aliphatic heterocycles. The van der Waals surface area contributed by atoms with Crippen LogP contribution >= 0.6 is 0 Å². The summed E-state index contributed by atoms with van der Waals surface area (Å²) in [5.41, 5.74) is 0.643. The number of nitrogens with zero attached hydrogens (tertiary/aromatic N) is 1. The molecule has 0 bridgehead atoms. The van der Waals surface area contributed by atoms with Crippen molar-refractivity contribution in [3.63, 3.8) is 0 Å². The normalized spacial score (nSPS) is 16.1. The summed E-state index contributed by atoms with van der Waals surface area (Å²) in [7, 11) is -2.59. The van der Waals surface area contributed by atoms with Gasteiger partial charge in [0.25, 0.3) is 10.0 Å².